The largest absolute Gasteiger partial charge is 0.399 e. The fraction of sp³-hybridized carbons (Fsp3) is 0.0435. The molecule has 0 spiro atoms. The van der Waals surface area contributed by atoms with Crippen molar-refractivity contribution in [2.45, 2.75) is 6.54 Å². The van der Waals surface area contributed by atoms with Crippen molar-refractivity contribution in [2.24, 2.45) is 5.73 Å². The van der Waals surface area contributed by atoms with Crippen LogP contribution in [0.5, 0.6) is 0 Å². The summed E-state index contributed by atoms with van der Waals surface area (Å²) in [5.74, 6) is 0.474. The van der Waals surface area contributed by atoms with Crippen molar-refractivity contribution >= 4 is 33.8 Å². The lowest BCUT2D eigenvalue weighted by Gasteiger charge is -2.12. The predicted molar refractivity (Wildman–Crippen MR) is 116 cm³/mol. The molecule has 0 amide bonds. The van der Waals surface area contributed by atoms with Crippen LogP contribution < -0.4 is 16.4 Å². The van der Waals surface area contributed by atoms with Crippen molar-refractivity contribution in [2.75, 3.05) is 10.6 Å². The van der Waals surface area contributed by atoms with Crippen LogP contribution in [0, 0.1) is 5.82 Å². The number of nitrogens with one attached hydrogen (secondary N) is 2. The third-order valence-corrected chi connectivity index (χ3v) is 4.53. The normalized spacial score (nSPS) is 10.7. The Labute approximate surface area is 168 Å². The Hall–Kier alpha value is -3.93. The highest BCUT2D eigenvalue weighted by atomic mass is 19.1. The second-order valence-corrected chi connectivity index (χ2v) is 6.64. The topological polar surface area (TPSA) is 75.9 Å². The third kappa shape index (κ3) is 4.16. The number of rotatable bonds is 6. The monoisotopic (exact) mass is 385 g/mol. The average molecular weight is 385 g/mol. The zero-order chi connectivity index (χ0) is 20.2. The molecule has 0 aliphatic heterocycles. The highest BCUT2D eigenvalue weighted by Gasteiger charge is 2.08. The quantitative estimate of drug-likeness (QED) is 0.433. The highest BCUT2D eigenvalue weighted by molar-refractivity contribution is 5.95. The van der Waals surface area contributed by atoms with E-state index >= 15 is 0 Å². The molecule has 4 aromatic rings. The van der Waals surface area contributed by atoms with Crippen molar-refractivity contribution in [1.29, 1.82) is 0 Å². The molecule has 0 radical (unpaired) electrons. The Balaban J connectivity index is 1.53. The van der Waals surface area contributed by atoms with Crippen molar-refractivity contribution in [3.05, 3.63) is 96.6 Å². The minimum Gasteiger partial charge on any atom is -0.399 e. The molecule has 5 nitrogen and oxygen atoms in total. The number of para-hydroxylation sites is 1. The van der Waals surface area contributed by atoms with Crippen LogP contribution in [-0.2, 0) is 6.54 Å². The Bertz CT molecular complexity index is 1170. The minimum atomic E-state index is -0.257. The SMILES string of the molecule is C=C(N)c1cccc2c(NCc3cccc(Nc4ccc(F)cc4)c3)ncnc12. The molecule has 3 aromatic carbocycles. The van der Waals surface area contributed by atoms with E-state index in [9.17, 15) is 4.39 Å². The van der Waals surface area contributed by atoms with E-state index in [0.29, 0.717) is 12.2 Å². The number of benzene rings is 3. The van der Waals surface area contributed by atoms with Crippen LogP contribution in [0.15, 0.2) is 79.6 Å². The van der Waals surface area contributed by atoms with Gasteiger partial charge in [-0.1, -0.05) is 30.8 Å². The van der Waals surface area contributed by atoms with Crippen LogP contribution in [0.2, 0.25) is 0 Å². The highest BCUT2D eigenvalue weighted by Crippen LogP contribution is 2.25. The minimum absolute atomic E-state index is 0.257. The summed E-state index contributed by atoms with van der Waals surface area (Å²) in [6.45, 7) is 4.40. The number of hydrogen-bond acceptors (Lipinski definition) is 5. The summed E-state index contributed by atoms with van der Waals surface area (Å²) >= 11 is 0. The van der Waals surface area contributed by atoms with E-state index in [0.717, 1.165) is 39.2 Å². The molecular formula is C23H20FN5. The lowest BCUT2D eigenvalue weighted by Crippen LogP contribution is -2.04. The molecule has 0 aliphatic carbocycles. The lowest BCUT2D eigenvalue weighted by atomic mass is 10.1. The van der Waals surface area contributed by atoms with Gasteiger partial charge in [-0.05, 0) is 48.0 Å². The van der Waals surface area contributed by atoms with Gasteiger partial charge in [-0.15, -0.1) is 0 Å². The summed E-state index contributed by atoms with van der Waals surface area (Å²) < 4.78 is 13.1. The molecule has 0 atom stereocenters. The zero-order valence-electron chi connectivity index (χ0n) is 15.7. The van der Waals surface area contributed by atoms with E-state index in [1.54, 1.807) is 12.1 Å². The van der Waals surface area contributed by atoms with E-state index < -0.39 is 0 Å². The summed E-state index contributed by atoms with van der Waals surface area (Å²) in [5, 5.41) is 7.53. The van der Waals surface area contributed by atoms with Crippen LogP contribution in [-0.4, -0.2) is 9.97 Å². The second-order valence-electron chi connectivity index (χ2n) is 6.64. The Morgan fingerprint density at radius 3 is 2.55 bits per heavy atom. The number of hydrogen-bond donors (Lipinski definition) is 3. The standard InChI is InChI=1S/C23H20FN5/c1-15(25)20-6-3-7-21-22(20)27-14-28-23(21)26-13-16-4-2-5-19(12-16)29-18-10-8-17(24)9-11-18/h2-12,14,29H,1,13,25H2,(H,26,27,28). The zero-order valence-corrected chi connectivity index (χ0v) is 15.7. The maximum Gasteiger partial charge on any atom is 0.137 e. The van der Waals surface area contributed by atoms with Gasteiger partial charge in [0.1, 0.15) is 18.0 Å². The molecule has 1 aromatic heterocycles. The molecule has 1 heterocycles. The molecule has 144 valence electrons. The molecule has 4 rings (SSSR count). The smallest absolute Gasteiger partial charge is 0.137 e. The van der Waals surface area contributed by atoms with Crippen molar-refractivity contribution < 1.29 is 4.39 Å². The van der Waals surface area contributed by atoms with Gasteiger partial charge in [-0.25, -0.2) is 14.4 Å². The van der Waals surface area contributed by atoms with Gasteiger partial charge in [0.15, 0.2) is 0 Å². The fourth-order valence-corrected chi connectivity index (χ4v) is 3.13. The Morgan fingerprint density at radius 1 is 0.966 bits per heavy atom. The van der Waals surface area contributed by atoms with Crippen LogP contribution in [0.3, 0.4) is 0 Å². The van der Waals surface area contributed by atoms with Crippen molar-refractivity contribution in [3.8, 4) is 0 Å². The lowest BCUT2D eigenvalue weighted by molar-refractivity contribution is 0.628. The second kappa shape index (κ2) is 7.98. The Morgan fingerprint density at radius 2 is 1.76 bits per heavy atom. The van der Waals surface area contributed by atoms with Crippen LogP contribution >= 0.6 is 0 Å². The van der Waals surface area contributed by atoms with Gasteiger partial charge in [0.05, 0.1) is 5.52 Å². The van der Waals surface area contributed by atoms with E-state index in [-0.39, 0.29) is 5.82 Å². The van der Waals surface area contributed by atoms with Gasteiger partial charge in [-0.3, -0.25) is 0 Å². The van der Waals surface area contributed by atoms with E-state index in [1.807, 2.05) is 42.5 Å². The summed E-state index contributed by atoms with van der Waals surface area (Å²) in [7, 11) is 0. The van der Waals surface area contributed by atoms with E-state index in [1.165, 1.54) is 18.5 Å². The first kappa shape index (κ1) is 18.4. The molecule has 0 fully saturated rings. The molecule has 6 heteroatoms. The van der Waals surface area contributed by atoms with E-state index in [4.69, 9.17) is 5.73 Å². The van der Waals surface area contributed by atoms with Crippen LogP contribution in [0.1, 0.15) is 11.1 Å². The molecular weight excluding hydrogens is 365 g/mol. The van der Waals surface area contributed by atoms with Gasteiger partial charge < -0.3 is 16.4 Å². The van der Waals surface area contributed by atoms with Gasteiger partial charge >= 0.3 is 0 Å². The van der Waals surface area contributed by atoms with Gasteiger partial charge in [0.2, 0.25) is 0 Å². The molecule has 29 heavy (non-hydrogen) atoms. The van der Waals surface area contributed by atoms with Gasteiger partial charge in [0, 0.05) is 34.6 Å². The molecule has 0 aliphatic rings. The maximum absolute atomic E-state index is 13.1. The molecule has 0 saturated heterocycles. The molecule has 0 unspecified atom stereocenters. The summed E-state index contributed by atoms with van der Waals surface area (Å²) in [6.07, 6.45) is 1.52. The summed E-state index contributed by atoms with van der Waals surface area (Å²) in [5.41, 5.74) is 10.7. The molecule has 4 N–H and O–H groups in total. The number of nitrogens with two attached hydrogens (primary N) is 1. The van der Waals surface area contributed by atoms with Gasteiger partial charge in [0.25, 0.3) is 0 Å². The van der Waals surface area contributed by atoms with E-state index in [2.05, 4.69) is 27.2 Å². The number of fused-ring (bicyclic) bond motifs is 1. The first-order valence-electron chi connectivity index (χ1n) is 9.14. The third-order valence-electron chi connectivity index (χ3n) is 4.53. The van der Waals surface area contributed by atoms with Crippen molar-refractivity contribution in [3.63, 3.8) is 0 Å². The average Bonchev–Trinajstić information content (AvgIpc) is 2.73. The maximum atomic E-state index is 13.1. The number of anilines is 3. The predicted octanol–water partition coefficient (Wildman–Crippen LogP) is 5.05. The first-order chi connectivity index (χ1) is 14.1. The van der Waals surface area contributed by atoms with Crippen LogP contribution in [0.25, 0.3) is 16.6 Å². The van der Waals surface area contributed by atoms with Crippen LogP contribution in [0.4, 0.5) is 21.6 Å². The molecule has 0 bridgehead atoms. The molecule has 0 saturated carbocycles. The number of nitrogens with zero attached hydrogens (tertiary/aromatic N) is 2. The first-order valence-corrected chi connectivity index (χ1v) is 9.14. The number of aromatic nitrogens is 2. The Kier molecular flexibility index (Phi) is 5.07. The van der Waals surface area contributed by atoms with Gasteiger partial charge in [-0.2, -0.15) is 0 Å². The van der Waals surface area contributed by atoms with Crippen molar-refractivity contribution in [1.82, 2.24) is 9.97 Å². The number of halogens is 1. The summed E-state index contributed by atoms with van der Waals surface area (Å²) in [4.78, 5) is 8.73. The fourth-order valence-electron chi connectivity index (χ4n) is 3.13. The summed E-state index contributed by atoms with van der Waals surface area (Å²) in [6, 6.07) is 20.0.